The van der Waals surface area contributed by atoms with Crippen molar-refractivity contribution in [2.24, 2.45) is 11.8 Å². The van der Waals surface area contributed by atoms with E-state index in [1.54, 1.807) is 0 Å². The fourth-order valence-electron chi connectivity index (χ4n) is 2.47. The van der Waals surface area contributed by atoms with Crippen molar-refractivity contribution in [3.8, 4) is 0 Å². The van der Waals surface area contributed by atoms with Gasteiger partial charge in [-0.15, -0.1) is 0 Å². The van der Waals surface area contributed by atoms with Gasteiger partial charge < -0.3 is 15.8 Å². The van der Waals surface area contributed by atoms with Gasteiger partial charge in [0.1, 0.15) is 10.6 Å². The van der Waals surface area contributed by atoms with Crippen molar-refractivity contribution in [2.45, 2.75) is 26.2 Å². The molecule has 6 heteroatoms. The number of esters is 1. The molecular formula is C12H19N3O2S. The number of nitrogens with two attached hydrogens (primary N) is 1. The largest absolute Gasteiger partial charge is 0.465 e. The van der Waals surface area contributed by atoms with Crippen LogP contribution < -0.4 is 11.1 Å². The van der Waals surface area contributed by atoms with E-state index >= 15 is 0 Å². The number of nitrogens with zero attached hydrogens (tertiary/aromatic N) is 1. The Hall–Kier alpha value is -1.30. The van der Waals surface area contributed by atoms with E-state index in [-0.39, 0.29) is 5.82 Å². The fourth-order valence-corrected chi connectivity index (χ4v) is 3.18. The van der Waals surface area contributed by atoms with E-state index in [2.05, 4.69) is 16.6 Å². The maximum atomic E-state index is 11.6. The minimum absolute atomic E-state index is 0.244. The van der Waals surface area contributed by atoms with Crippen LogP contribution in [0.15, 0.2) is 0 Å². The summed E-state index contributed by atoms with van der Waals surface area (Å²) in [4.78, 5) is 11.6. The third-order valence-corrected chi connectivity index (χ3v) is 4.49. The number of carbonyl (C=O) groups excluding carboxylic acids is 1. The minimum Gasteiger partial charge on any atom is -0.465 e. The third-order valence-electron chi connectivity index (χ3n) is 3.67. The molecule has 18 heavy (non-hydrogen) atoms. The molecule has 0 saturated heterocycles. The van der Waals surface area contributed by atoms with Crippen molar-refractivity contribution < 1.29 is 9.53 Å². The van der Waals surface area contributed by atoms with Crippen molar-refractivity contribution in [3.05, 3.63) is 5.56 Å². The summed E-state index contributed by atoms with van der Waals surface area (Å²) in [6, 6.07) is 0. The molecule has 0 amide bonds. The monoisotopic (exact) mass is 269 g/mol. The molecule has 0 aliphatic heterocycles. The summed E-state index contributed by atoms with van der Waals surface area (Å²) in [6.07, 6.45) is 3.83. The lowest BCUT2D eigenvalue weighted by Gasteiger charge is -2.16. The molecule has 1 fully saturated rings. The number of methoxy groups -OCH3 is 1. The molecule has 1 aromatic heterocycles. The van der Waals surface area contributed by atoms with Crippen molar-refractivity contribution in [1.29, 1.82) is 0 Å². The first-order valence-electron chi connectivity index (χ1n) is 6.20. The number of rotatable bonds is 4. The van der Waals surface area contributed by atoms with E-state index in [9.17, 15) is 4.79 Å². The molecular weight excluding hydrogens is 250 g/mol. The van der Waals surface area contributed by atoms with Crippen LogP contribution >= 0.6 is 11.5 Å². The zero-order chi connectivity index (χ0) is 13.1. The van der Waals surface area contributed by atoms with E-state index in [0.717, 1.165) is 17.5 Å². The molecule has 0 radical (unpaired) electrons. The van der Waals surface area contributed by atoms with E-state index in [1.807, 2.05) is 0 Å². The number of ether oxygens (including phenoxy) is 1. The van der Waals surface area contributed by atoms with Crippen LogP contribution in [0.1, 0.15) is 36.5 Å². The summed E-state index contributed by atoms with van der Waals surface area (Å²) in [5.74, 6) is 1.22. The molecule has 1 heterocycles. The molecule has 5 nitrogen and oxygen atoms in total. The number of nitrogens with one attached hydrogen (secondary N) is 1. The Morgan fingerprint density at radius 1 is 1.61 bits per heavy atom. The zero-order valence-corrected chi connectivity index (χ0v) is 11.5. The predicted octanol–water partition coefficient (Wildman–Crippen LogP) is 2.36. The predicted molar refractivity (Wildman–Crippen MR) is 72.9 cm³/mol. The molecule has 3 N–H and O–H groups in total. The Morgan fingerprint density at radius 2 is 2.39 bits per heavy atom. The summed E-state index contributed by atoms with van der Waals surface area (Å²) >= 11 is 1.22. The molecule has 2 unspecified atom stereocenters. The molecule has 2 atom stereocenters. The summed E-state index contributed by atoms with van der Waals surface area (Å²) in [6.45, 7) is 3.15. The smallest absolute Gasteiger partial charge is 0.344 e. The average Bonchev–Trinajstić information content (AvgIpc) is 2.92. The van der Waals surface area contributed by atoms with Crippen LogP contribution in [0.4, 0.5) is 10.8 Å². The topological polar surface area (TPSA) is 77.2 Å². The van der Waals surface area contributed by atoms with Gasteiger partial charge in [0.2, 0.25) is 0 Å². The van der Waals surface area contributed by atoms with Crippen LogP contribution in [0, 0.1) is 11.8 Å². The van der Waals surface area contributed by atoms with E-state index in [1.165, 1.54) is 37.9 Å². The fraction of sp³-hybridized carbons (Fsp3) is 0.667. The van der Waals surface area contributed by atoms with E-state index in [4.69, 9.17) is 10.5 Å². The van der Waals surface area contributed by atoms with E-state index in [0.29, 0.717) is 11.5 Å². The van der Waals surface area contributed by atoms with Gasteiger partial charge in [0, 0.05) is 6.54 Å². The third kappa shape index (κ3) is 2.58. The number of aromatic nitrogens is 1. The second-order valence-electron chi connectivity index (χ2n) is 4.81. The normalized spacial score (nSPS) is 23.0. The van der Waals surface area contributed by atoms with Gasteiger partial charge >= 0.3 is 5.97 Å². The second kappa shape index (κ2) is 5.56. The quantitative estimate of drug-likeness (QED) is 0.820. The van der Waals surface area contributed by atoms with Crippen LogP contribution in [0.25, 0.3) is 0 Å². The Labute approximate surface area is 111 Å². The first-order valence-corrected chi connectivity index (χ1v) is 6.98. The molecule has 2 rings (SSSR count). The maximum Gasteiger partial charge on any atom is 0.344 e. The average molecular weight is 269 g/mol. The maximum absolute atomic E-state index is 11.6. The standard InChI is InChI=1S/C12H19N3O2S/c1-7-4-3-5-8(7)6-14-11-9(12(16)17-2)10(13)15-18-11/h7-8,14H,3-6H2,1-2H3,(H2,13,15). The molecule has 0 bridgehead atoms. The lowest BCUT2D eigenvalue weighted by atomic mass is 9.98. The van der Waals surface area contributed by atoms with Gasteiger partial charge in [-0.05, 0) is 29.8 Å². The highest BCUT2D eigenvalue weighted by atomic mass is 32.1. The van der Waals surface area contributed by atoms with Gasteiger partial charge in [0.15, 0.2) is 5.82 Å². The summed E-state index contributed by atoms with van der Waals surface area (Å²) in [7, 11) is 1.35. The summed E-state index contributed by atoms with van der Waals surface area (Å²) in [5.41, 5.74) is 6.06. The molecule has 1 aliphatic rings. The molecule has 1 saturated carbocycles. The summed E-state index contributed by atoms with van der Waals surface area (Å²) < 4.78 is 8.72. The van der Waals surface area contributed by atoms with Crippen LogP contribution in [0.2, 0.25) is 0 Å². The number of hydrogen-bond acceptors (Lipinski definition) is 6. The number of anilines is 2. The molecule has 1 aromatic rings. The zero-order valence-electron chi connectivity index (χ0n) is 10.7. The minimum atomic E-state index is -0.428. The first kappa shape index (κ1) is 13.1. The highest BCUT2D eigenvalue weighted by molar-refractivity contribution is 7.11. The van der Waals surface area contributed by atoms with E-state index < -0.39 is 5.97 Å². The number of nitrogen functional groups attached to an aromatic ring is 1. The van der Waals surface area contributed by atoms with Crippen molar-refractivity contribution >= 4 is 28.3 Å². The first-order chi connectivity index (χ1) is 8.63. The lowest BCUT2D eigenvalue weighted by molar-refractivity contribution is 0.0603. The molecule has 100 valence electrons. The van der Waals surface area contributed by atoms with Gasteiger partial charge in [0.05, 0.1) is 7.11 Å². The SMILES string of the molecule is COC(=O)c1c(N)nsc1NCC1CCCC1C. The highest BCUT2D eigenvalue weighted by Gasteiger charge is 2.25. The number of carbonyl (C=O) groups is 1. The molecule has 1 aliphatic carbocycles. The van der Waals surface area contributed by atoms with Crippen molar-refractivity contribution in [1.82, 2.24) is 4.37 Å². The number of hydrogen-bond donors (Lipinski definition) is 2. The van der Waals surface area contributed by atoms with Gasteiger partial charge in [0.25, 0.3) is 0 Å². The van der Waals surface area contributed by atoms with Gasteiger partial charge in [-0.1, -0.05) is 19.8 Å². The molecule has 0 aromatic carbocycles. The van der Waals surface area contributed by atoms with Gasteiger partial charge in [-0.25, -0.2) is 4.79 Å². The Morgan fingerprint density at radius 3 is 3.00 bits per heavy atom. The Kier molecular flexibility index (Phi) is 4.06. The second-order valence-corrected chi connectivity index (χ2v) is 5.59. The van der Waals surface area contributed by atoms with Gasteiger partial charge in [-0.2, -0.15) is 4.37 Å². The van der Waals surface area contributed by atoms with Crippen molar-refractivity contribution in [3.63, 3.8) is 0 Å². The van der Waals surface area contributed by atoms with Crippen LogP contribution in [0.5, 0.6) is 0 Å². The Balaban J connectivity index is 2.03. The lowest BCUT2D eigenvalue weighted by Crippen LogP contribution is -2.17. The van der Waals surface area contributed by atoms with Crippen LogP contribution in [-0.2, 0) is 4.74 Å². The Bertz CT molecular complexity index is 433. The summed E-state index contributed by atoms with van der Waals surface area (Å²) in [5, 5.41) is 4.02. The van der Waals surface area contributed by atoms with Crippen LogP contribution in [-0.4, -0.2) is 24.0 Å². The van der Waals surface area contributed by atoms with Gasteiger partial charge in [-0.3, -0.25) is 0 Å². The van der Waals surface area contributed by atoms with Crippen molar-refractivity contribution in [2.75, 3.05) is 24.7 Å². The molecule has 0 spiro atoms. The highest BCUT2D eigenvalue weighted by Crippen LogP contribution is 2.33. The van der Waals surface area contributed by atoms with Crippen LogP contribution in [0.3, 0.4) is 0 Å².